The predicted molar refractivity (Wildman–Crippen MR) is 127 cm³/mol. The van der Waals surface area contributed by atoms with E-state index in [2.05, 4.69) is 58.4 Å². The number of rotatable bonds is 8. The Labute approximate surface area is 186 Å². The number of nitrogens with zero attached hydrogens (tertiary/aromatic N) is 6. The van der Waals surface area contributed by atoms with Gasteiger partial charge in [0.25, 0.3) is 0 Å². The van der Waals surface area contributed by atoms with Gasteiger partial charge in [0.1, 0.15) is 11.0 Å². The lowest BCUT2D eigenvalue weighted by molar-refractivity contribution is 0.217. The second-order valence-corrected chi connectivity index (χ2v) is 8.77. The van der Waals surface area contributed by atoms with Gasteiger partial charge in [0.15, 0.2) is 16.6 Å². The Hall–Kier alpha value is -2.98. The molecule has 0 unspecified atom stereocenters. The number of hydrogen-bond acceptors (Lipinski definition) is 6. The molecule has 10 heteroatoms. The first-order valence-corrected chi connectivity index (χ1v) is 11.0. The number of aromatic nitrogens is 5. The first-order valence-electron chi connectivity index (χ1n) is 10.2. The third-order valence-corrected chi connectivity index (χ3v) is 5.71. The normalized spacial score (nSPS) is 11.6. The molecule has 0 fully saturated rings. The molecule has 3 heterocycles. The summed E-state index contributed by atoms with van der Waals surface area (Å²) >= 11 is 1.39. The van der Waals surface area contributed by atoms with Crippen LogP contribution >= 0.6 is 11.3 Å². The van der Waals surface area contributed by atoms with Gasteiger partial charge in [0, 0.05) is 20.1 Å². The van der Waals surface area contributed by atoms with Gasteiger partial charge in [-0.05, 0) is 39.9 Å². The van der Waals surface area contributed by atoms with Crippen LogP contribution in [0.15, 0.2) is 30.2 Å². The van der Waals surface area contributed by atoms with Gasteiger partial charge in [0.05, 0.1) is 11.9 Å². The zero-order valence-electron chi connectivity index (χ0n) is 18.9. The minimum Gasteiger partial charge on any atom is -0.326 e. The van der Waals surface area contributed by atoms with Crippen LogP contribution in [0.4, 0.5) is 9.93 Å². The first kappa shape index (κ1) is 22.7. The summed E-state index contributed by atoms with van der Waals surface area (Å²) in [7, 11) is 5.73. The summed E-state index contributed by atoms with van der Waals surface area (Å²) < 4.78 is 2.81. The van der Waals surface area contributed by atoms with E-state index in [0.29, 0.717) is 23.1 Å². The molecule has 0 saturated carbocycles. The van der Waals surface area contributed by atoms with Crippen LogP contribution < -0.4 is 5.32 Å². The van der Waals surface area contributed by atoms with E-state index in [-0.39, 0.29) is 6.03 Å². The summed E-state index contributed by atoms with van der Waals surface area (Å²) in [6, 6.07) is -0.187. The number of fused-ring (bicyclic) bond motifs is 1. The number of likely N-dealkylation sites (N-methyl/N-ethyl adjacent to an activating group) is 2. The lowest BCUT2D eigenvalue weighted by Crippen LogP contribution is -2.36. The Morgan fingerprint density at radius 3 is 2.74 bits per heavy atom. The molecule has 3 rings (SSSR count). The van der Waals surface area contributed by atoms with Crippen molar-refractivity contribution in [2.45, 2.75) is 27.2 Å². The van der Waals surface area contributed by atoms with E-state index < -0.39 is 0 Å². The van der Waals surface area contributed by atoms with Crippen LogP contribution in [0.1, 0.15) is 32.9 Å². The fraction of sp³-hybridized carbons (Fsp3) is 0.429. The maximum Gasteiger partial charge on any atom is 0.323 e. The monoisotopic (exact) mass is 442 g/mol. The third-order valence-electron chi connectivity index (χ3n) is 4.74. The fourth-order valence-electron chi connectivity index (χ4n) is 2.97. The molecule has 0 saturated heterocycles. The van der Waals surface area contributed by atoms with Gasteiger partial charge >= 0.3 is 6.03 Å². The van der Waals surface area contributed by atoms with Crippen molar-refractivity contribution in [3.05, 3.63) is 35.9 Å². The second-order valence-electron chi connectivity index (χ2n) is 7.77. The maximum atomic E-state index is 12.5. The standard InChI is InChI=1S/C21H30N8OS/c1-7-8-9-15(14(2)3)16-12-22-13-29(16)19-17-18(25-26-19)23-20(31-17)24-21(30)28(6)11-10-27(4)5/h8-9,12-13H,7,10-11H2,1-6H3,(H2,23,24,25,26,30)/b9-8-. The largest absolute Gasteiger partial charge is 0.326 e. The number of hydrogen-bond donors (Lipinski definition) is 2. The average molecular weight is 443 g/mol. The van der Waals surface area contributed by atoms with Crippen molar-refractivity contribution in [3.8, 4) is 5.82 Å². The van der Waals surface area contributed by atoms with Crippen LogP contribution in [0.25, 0.3) is 21.7 Å². The summed E-state index contributed by atoms with van der Waals surface area (Å²) in [5.41, 5.74) is 3.89. The highest BCUT2D eigenvalue weighted by Crippen LogP contribution is 2.32. The molecule has 0 radical (unpaired) electrons. The van der Waals surface area contributed by atoms with E-state index >= 15 is 0 Å². The molecule has 0 aromatic carbocycles. The van der Waals surface area contributed by atoms with Gasteiger partial charge in [-0.25, -0.2) is 14.8 Å². The third kappa shape index (κ3) is 5.20. The molecule has 0 aliphatic heterocycles. The van der Waals surface area contributed by atoms with E-state index in [9.17, 15) is 4.79 Å². The molecular formula is C21H30N8OS. The molecule has 2 amide bonds. The van der Waals surface area contributed by atoms with Gasteiger partial charge in [-0.15, -0.1) is 0 Å². The van der Waals surface area contributed by atoms with Gasteiger partial charge in [-0.3, -0.25) is 15.0 Å². The Morgan fingerprint density at radius 2 is 2.06 bits per heavy atom. The van der Waals surface area contributed by atoms with Gasteiger partial charge in [-0.1, -0.05) is 36.0 Å². The Morgan fingerprint density at radius 1 is 1.29 bits per heavy atom. The Balaban J connectivity index is 1.88. The minimum absolute atomic E-state index is 0.187. The van der Waals surface area contributed by atoms with Crippen molar-refractivity contribution in [2.75, 3.05) is 39.5 Å². The SMILES string of the molecule is CC/C=C\C(=C(C)C)c1cncn1-c1n[nH]c2nc(NC(=O)N(C)CCN(C)C)sc12. The van der Waals surface area contributed by atoms with Crippen LogP contribution in [-0.2, 0) is 0 Å². The number of carbonyl (C=O) groups excluding carboxylic acids is 1. The fourth-order valence-corrected chi connectivity index (χ4v) is 3.86. The highest BCUT2D eigenvalue weighted by atomic mass is 32.1. The molecule has 0 bridgehead atoms. The number of H-pyrrole nitrogens is 1. The molecule has 3 aromatic rings. The van der Waals surface area contributed by atoms with E-state index in [4.69, 9.17) is 0 Å². The van der Waals surface area contributed by atoms with Crippen LogP contribution in [0.5, 0.6) is 0 Å². The highest BCUT2D eigenvalue weighted by Gasteiger charge is 2.19. The quantitative estimate of drug-likeness (QED) is 0.514. The Kier molecular flexibility index (Phi) is 7.24. The molecule has 0 aliphatic rings. The summed E-state index contributed by atoms with van der Waals surface area (Å²) in [5, 5.41) is 10.8. The van der Waals surface area contributed by atoms with Crippen molar-refractivity contribution < 1.29 is 4.79 Å². The predicted octanol–water partition coefficient (Wildman–Crippen LogP) is 3.99. The number of allylic oxidation sites excluding steroid dienone is 4. The maximum absolute atomic E-state index is 12.5. The number of nitrogens with one attached hydrogen (secondary N) is 2. The van der Waals surface area contributed by atoms with Crippen LogP contribution in [0.3, 0.4) is 0 Å². The lowest BCUT2D eigenvalue weighted by Gasteiger charge is -2.19. The zero-order valence-corrected chi connectivity index (χ0v) is 19.7. The van der Waals surface area contributed by atoms with Gasteiger partial charge in [-0.2, -0.15) is 5.10 Å². The van der Waals surface area contributed by atoms with Crippen molar-refractivity contribution in [3.63, 3.8) is 0 Å². The molecule has 31 heavy (non-hydrogen) atoms. The number of thiazole rings is 1. The lowest BCUT2D eigenvalue weighted by atomic mass is 10.1. The van der Waals surface area contributed by atoms with Crippen molar-refractivity contribution in [1.29, 1.82) is 0 Å². The van der Waals surface area contributed by atoms with Gasteiger partial charge in [0.2, 0.25) is 0 Å². The van der Waals surface area contributed by atoms with E-state index in [1.807, 2.05) is 29.8 Å². The Bertz CT molecular complexity index is 1100. The summed E-state index contributed by atoms with van der Waals surface area (Å²) in [4.78, 5) is 25.0. The number of carbonyl (C=O) groups is 1. The number of imidazole rings is 1. The van der Waals surface area contributed by atoms with Crippen LogP contribution in [0, 0.1) is 0 Å². The van der Waals surface area contributed by atoms with E-state index in [1.165, 1.54) is 16.9 Å². The van der Waals surface area contributed by atoms with Crippen molar-refractivity contribution >= 4 is 38.4 Å². The van der Waals surface area contributed by atoms with Crippen molar-refractivity contribution in [1.82, 2.24) is 34.5 Å². The van der Waals surface area contributed by atoms with E-state index in [1.54, 1.807) is 18.3 Å². The molecule has 2 N–H and O–H groups in total. The number of anilines is 1. The average Bonchev–Trinajstić information content (AvgIpc) is 3.42. The molecule has 0 spiro atoms. The summed E-state index contributed by atoms with van der Waals surface area (Å²) in [6.07, 6.45) is 8.80. The summed E-state index contributed by atoms with van der Waals surface area (Å²) in [5.74, 6) is 0.713. The first-order chi connectivity index (χ1) is 14.8. The van der Waals surface area contributed by atoms with Gasteiger partial charge < -0.3 is 9.80 Å². The minimum atomic E-state index is -0.187. The summed E-state index contributed by atoms with van der Waals surface area (Å²) in [6.45, 7) is 7.70. The van der Waals surface area contributed by atoms with Crippen LogP contribution in [-0.4, -0.2) is 74.8 Å². The molecule has 9 nitrogen and oxygen atoms in total. The topological polar surface area (TPSA) is 95.0 Å². The van der Waals surface area contributed by atoms with E-state index in [0.717, 1.165) is 28.9 Å². The molecular weight excluding hydrogens is 412 g/mol. The number of urea groups is 1. The number of amides is 2. The molecule has 0 atom stereocenters. The molecule has 0 aliphatic carbocycles. The number of aromatic amines is 1. The molecule has 3 aromatic heterocycles. The van der Waals surface area contributed by atoms with Crippen molar-refractivity contribution in [2.24, 2.45) is 0 Å². The zero-order chi connectivity index (χ0) is 22.5. The smallest absolute Gasteiger partial charge is 0.323 e. The van der Waals surface area contributed by atoms with Crippen LogP contribution in [0.2, 0.25) is 0 Å². The highest BCUT2D eigenvalue weighted by molar-refractivity contribution is 7.22. The molecule has 166 valence electrons. The second kappa shape index (κ2) is 9.88.